The molecular formula is C14H8F3NO4. The number of para-hydroxylation sites is 1. The van der Waals surface area contributed by atoms with Crippen LogP contribution in [0.15, 0.2) is 30.3 Å². The molecule has 0 amide bonds. The molecule has 114 valence electrons. The number of nitrogens with one attached hydrogen (secondary N) is 1. The van der Waals surface area contributed by atoms with Crippen LogP contribution < -0.4 is 5.32 Å². The zero-order valence-electron chi connectivity index (χ0n) is 10.7. The Morgan fingerprint density at radius 2 is 1.32 bits per heavy atom. The van der Waals surface area contributed by atoms with E-state index in [0.29, 0.717) is 0 Å². The number of carboxylic acids is 2. The number of aromatic carboxylic acids is 2. The molecule has 0 unspecified atom stereocenters. The minimum Gasteiger partial charge on any atom is -0.478 e. The molecule has 5 nitrogen and oxygen atoms in total. The number of hydrogen-bond acceptors (Lipinski definition) is 3. The smallest absolute Gasteiger partial charge is 0.339 e. The van der Waals surface area contributed by atoms with E-state index in [2.05, 4.69) is 5.32 Å². The fourth-order valence-electron chi connectivity index (χ4n) is 1.84. The van der Waals surface area contributed by atoms with Crippen molar-refractivity contribution in [1.29, 1.82) is 0 Å². The molecule has 0 saturated heterocycles. The van der Waals surface area contributed by atoms with Gasteiger partial charge in [0.05, 0.1) is 0 Å². The summed E-state index contributed by atoms with van der Waals surface area (Å²) in [5.41, 5.74) is -3.93. The van der Waals surface area contributed by atoms with Crippen molar-refractivity contribution in [2.45, 2.75) is 0 Å². The quantitative estimate of drug-likeness (QED) is 0.755. The summed E-state index contributed by atoms with van der Waals surface area (Å²) in [4.78, 5) is 21.9. The lowest BCUT2D eigenvalue weighted by atomic mass is 10.0. The minimum absolute atomic E-state index is 0.166. The Bertz CT molecular complexity index is 763. The van der Waals surface area contributed by atoms with E-state index in [-0.39, 0.29) is 5.69 Å². The van der Waals surface area contributed by atoms with Crippen LogP contribution in [0, 0.1) is 17.5 Å². The second-order valence-corrected chi connectivity index (χ2v) is 4.17. The van der Waals surface area contributed by atoms with E-state index >= 15 is 0 Å². The first-order chi connectivity index (χ1) is 10.3. The lowest BCUT2D eigenvalue weighted by molar-refractivity contribution is 0.0641. The second-order valence-electron chi connectivity index (χ2n) is 4.17. The van der Waals surface area contributed by atoms with Crippen molar-refractivity contribution < 1.29 is 33.0 Å². The standard InChI is InChI=1S/C14H8F3NO4/c15-9-7(13(19)20)8(14(21)22)10(16)12(11(9)17)18-6-4-2-1-3-5-6/h1-5,18H,(H,19,20)(H,21,22). The molecule has 22 heavy (non-hydrogen) atoms. The lowest BCUT2D eigenvalue weighted by Gasteiger charge is -2.13. The molecule has 0 bridgehead atoms. The molecule has 0 saturated carbocycles. The van der Waals surface area contributed by atoms with Gasteiger partial charge in [-0.05, 0) is 12.1 Å². The monoisotopic (exact) mass is 311 g/mol. The molecule has 0 aromatic heterocycles. The lowest BCUT2D eigenvalue weighted by Crippen LogP contribution is -2.17. The summed E-state index contributed by atoms with van der Waals surface area (Å²) in [6.07, 6.45) is 0. The van der Waals surface area contributed by atoms with Crippen LogP contribution in [0.25, 0.3) is 0 Å². The summed E-state index contributed by atoms with van der Waals surface area (Å²) >= 11 is 0. The molecule has 2 rings (SSSR count). The van der Waals surface area contributed by atoms with Gasteiger partial charge in [-0.1, -0.05) is 18.2 Å². The van der Waals surface area contributed by atoms with Crippen LogP contribution in [0.1, 0.15) is 20.7 Å². The van der Waals surface area contributed by atoms with Crippen LogP contribution in [-0.2, 0) is 0 Å². The number of benzene rings is 2. The predicted molar refractivity (Wildman–Crippen MR) is 70.0 cm³/mol. The van der Waals surface area contributed by atoms with Crippen LogP contribution in [-0.4, -0.2) is 22.2 Å². The Morgan fingerprint density at radius 1 is 0.818 bits per heavy atom. The molecule has 0 aliphatic carbocycles. The van der Waals surface area contributed by atoms with Crippen molar-refractivity contribution in [2.75, 3.05) is 5.32 Å². The van der Waals surface area contributed by atoms with Gasteiger partial charge in [-0.2, -0.15) is 0 Å². The van der Waals surface area contributed by atoms with Crippen molar-refractivity contribution in [3.8, 4) is 0 Å². The molecule has 0 radical (unpaired) electrons. The molecule has 0 aliphatic rings. The average molecular weight is 311 g/mol. The fraction of sp³-hybridized carbons (Fsp3) is 0. The fourth-order valence-corrected chi connectivity index (χ4v) is 1.84. The van der Waals surface area contributed by atoms with Gasteiger partial charge in [-0.3, -0.25) is 0 Å². The SMILES string of the molecule is O=C(O)c1c(F)c(F)c(Nc2ccccc2)c(F)c1C(=O)O. The van der Waals surface area contributed by atoms with E-state index in [1.54, 1.807) is 6.07 Å². The summed E-state index contributed by atoms with van der Waals surface area (Å²) in [6.45, 7) is 0. The van der Waals surface area contributed by atoms with Crippen LogP contribution in [0.5, 0.6) is 0 Å². The Hall–Kier alpha value is -3.03. The second kappa shape index (κ2) is 5.76. The van der Waals surface area contributed by atoms with Gasteiger partial charge in [-0.15, -0.1) is 0 Å². The van der Waals surface area contributed by atoms with E-state index in [0.717, 1.165) is 0 Å². The first-order valence-electron chi connectivity index (χ1n) is 5.83. The van der Waals surface area contributed by atoms with E-state index in [1.165, 1.54) is 24.3 Å². The number of halogens is 3. The molecule has 2 aromatic rings. The Kier molecular flexibility index (Phi) is 4.02. The topological polar surface area (TPSA) is 86.6 Å². The minimum atomic E-state index is -2.08. The van der Waals surface area contributed by atoms with Crippen LogP contribution in [0.2, 0.25) is 0 Å². The average Bonchev–Trinajstić information content (AvgIpc) is 2.47. The predicted octanol–water partition coefficient (Wildman–Crippen LogP) is 3.24. The Morgan fingerprint density at radius 3 is 1.82 bits per heavy atom. The number of rotatable bonds is 4. The molecule has 0 heterocycles. The van der Waals surface area contributed by atoms with E-state index in [1.807, 2.05) is 0 Å². The van der Waals surface area contributed by atoms with Crippen LogP contribution in [0.4, 0.5) is 24.5 Å². The number of hydrogen-bond donors (Lipinski definition) is 3. The maximum absolute atomic E-state index is 14.2. The highest BCUT2D eigenvalue weighted by Crippen LogP contribution is 2.31. The van der Waals surface area contributed by atoms with Crippen molar-refractivity contribution >= 4 is 23.3 Å². The van der Waals surface area contributed by atoms with Gasteiger partial charge in [-0.25, -0.2) is 22.8 Å². The molecule has 3 N–H and O–H groups in total. The molecule has 0 spiro atoms. The van der Waals surface area contributed by atoms with Crippen LogP contribution >= 0.6 is 0 Å². The first kappa shape index (κ1) is 15.4. The maximum Gasteiger partial charge on any atom is 0.339 e. The zero-order valence-corrected chi connectivity index (χ0v) is 10.7. The van der Waals surface area contributed by atoms with Crippen molar-refractivity contribution in [3.63, 3.8) is 0 Å². The molecule has 2 aromatic carbocycles. The molecule has 0 atom stereocenters. The highest BCUT2D eigenvalue weighted by atomic mass is 19.2. The van der Waals surface area contributed by atoms with Gasteiger partial charge >= 0.3 is 11.9 Å². The van der Waals surface area contributed by atoms with Gasteiger partial charge in [0.15, 0.2) is 17.5 Å². The summed E-state index contributed by atoms with van der Waals surface area (Å²) in [6, 6.07) is 7.48. The summed E-state index contributed by atoms with van der Waals surface area (Å²) in [5, 5.41) is 19.8. The number of anilines is 2. The van der Waals surface area contributed by atoms with E-state index < -0.39 is 46.2 Å². The summed E-state index contributed by atoms with van der Waals surface area (Å²) < 4.78 is 41.8. The maximum atomic E-state index is 14.2. The Labute approximate surface area is 121 Å². The first-order valence-corrected chi connectivity index (χ1v) is 5.83. The number of carboxylic acid groups (broad SMARTS) is 2. The highest BCUT2D eigenvalue weighted by molar-refractivity contribution is 6.03. The summed E-state index contributed by atoms with van der Waals surface area (Å²) in [5.74, 6) is -9.58. The van der Waals surface area contributed by atoms with Gasteiger partial charge in [0.25, 0.3) is 0 Å². The molecule has 0 aliphatic heterocycles. The molecular weight excluding hydrogens is 303 g/mol. The van der Waals surface area contributed by atoms with Gasteiger partial charge < -0.3 is 15.5 Å². The number of carbonyl (C=O) groups is 2. The molecule has 0 fully saturated rings. The zero-order chi connectivity index (χ0) is 16.4. The van der Waals surface area contributed by atoms with E-state index in [4.69, 9.17) is 10.2 Å². The van der Waals surface area contributed by atoms with Crippen LogP contribution in [0.3, 0.4) is 0 Å². The summed E-state index contributed by atoms with van der Waals surface area (Å²) in [7, 11) is 0. The van der Waals surface area contributed by atoms with Crippen molar-refractivity contribution in [3.05, 3.63) is 58.9 Å². The third kappa shape index (κ3) is 2.58. The van der Waals surface area contributed by atoms with Crippen molar-refractivity contribution in [2.24, 2.45) is 0 Å². The largest absolute Gasteiger partial charge is 0.478 e. The highest BCUT2D eigenvalue weighted by Gasteiger charge is 2.32. The normalized spacial score (nSPS) is 10.3. The van der Waals surface area contributed by atoms with Gasteiger partial charge in [0.2, 0.25) is 0 Å². The molecule has 8 heteroatoms. The van der Waals surface area contributed by atoms with E-state index in [9.17, 15) is 22.8 Å². The van der Waals surface area contributed by atoms with Crippen molar-refractivity contribution in [1.82, 2.24) is 0 Å². The Balaban J connectivity index is 2.71. The third-order valence-electron chi connectivity index (χ3n) is 2.79. The third-order valence-corrected chi connectivity index (χ3v) is 2.79. The van der Waals surface area contributed by atoms with Gasteiger partial charge in [0, 0.05) is 5.69 Å². The van der Waals surface area contributed by atoms with Gasteiger partial charge in [0.1, 0.15) is 16.8 Å².